The molecule has 1 unspecified atom stereocenters. The predicted octanol–water partition coefficient (Wildman–Crippen LogP) is 2.29. The molecule has 0 aliphatic heterocycles. The van der Waals surface area contributed by atoms with Crippen molar-refractivity contribution in [2.75, 3.05) is 14.2 Å². The van der Waals surface area contributed by atoms with E-state index in [2.05, 4.69) is 6.58 Å². The van der Waals surface area contributed by atoms with Crippen LogP contribution in [0.2, 0.25) is 6.04 Å². The number of carbonyl (C=O) groups is 1. The second-order valence-corrected chi connectivity index (χ2v) is 6.69. The molecule has 0 N–H and O–H groups in total. The monoisotopic (exact) mass is 282 g/mol. The Balaban J connectivity index is 4.44. The third-order valence-electron chi connectivity index (χ3n) is 2.00. The van der Waals surface area contributed by atoms with E-state index in [1.807, 2.05) is 6.92 Å². The lowest BCUT2D eigenvalue weighted by molar-refractivity contribution is -0.153. The summed E-state index contributed by atoms with van der Waals surface area (Å²) in [4.78, 5) is 11.2. The summed E-state index contributed by atoms with van der Waals surface area (Å²) in [7, 11) is 0.116. The number of esters is 1. The molecule has 100 valence electrons. The summed E-state index contributed by atoms with van der Waals surface area (Å²) in [5, 5.41) is 0. The van der Waals surface area contributed by atoms with Gasteiger partial charge >= 0.3 is 14.8 Å². The largest absolute Gasteiger partial charge is 0.504 e. The van der Waals surface area contributed by atoms with E-state index >= 15 is 0 Å². The topological polar surface area (TPSA) is 54.0 Å². The van der Waals surface area contributed by atoms with E-state index in [-0.39, 0.29) is 5.57 Å². The van der Waals surface area contributed by atoms with E-state index < -0.39 is 20.5 Å². The quantitative estimate of drug-likeness (QED) is 0.225. The molecule has 0 amide bonds. The number of rotatable bonds is 8. The van der Waals surface area contributed by atoms with Crippen LogP contribution in [0.1, 0.15) is 20.3 Å². The highest BCUT2D eigenvalue weighted by molar-refractivity contribution is 6.61. The van der Waals surface area contributed by atoms with Gasteiger partial charge < -0.3 is 18.0 Å². The maximum atomic E-state index is 11.2. The van der Waals surface area contributed by atoms with Gasteiger partial charge in [-0.05, 0) is 18.5 Å². The van der Waals surface area contributed by atoms with Crippen molar-refractivity contribution in [2.24, 2.45) is 0 Å². The van der Waals surface area contributed by atoms with Gasteiger partial charge in [-0.3, -0.25) is 0 Å². The number of hydrogen-bond acceptors (Lipinski definition) is 5. The van der Waals surface area contributed by atoms with Crippen LogP contribution < -0.4 is 0 Å². The SMILES string of the molecule is C=C(C)C(=O)OC(Cl)O[Si](CCC)(OC)OC. The Hall–Kier alpha value is -0.403. The highest BCUT2D eigenvalue weighted by atomic mass is 35.5. The van der Waals surface area contributed by atoms with Gasteiger partial charge in [0.1, 0.15) is 0 Å². The van der Waals surface area contributed by atoms with Gasteiger partial charge in [-0.2, -0.15) is 0 Å². The number of alkyl halides is 1. The first-order valence-corrected chi connectivity index (χ1v) is 7.56. The van der Waals surface area contributed by atoms with Crippen LogP contribution in [0.5, 0.6) is 0 Å². The average Bonchev–Trinajstić information content (AvgIpc) is 2.28. The Morgan fingerprint density at radius 3 is 2.29 bits per heavy atom. The minimum atomic E-state index is -2.85. The highest BCUT2D eigenvalue weighted by Crippen LogP contribution is 2.20. The zero-order chi connectivity index (χ0) is 13.5. The summed E-state index contributed by atoms with van der Waals surface area (Å²) in [6.07, 6.45) is 0.811. The van der Waals surface area contributed by atoms with Gasteiger partial charge in [0.2, 0.25) is 0 Å². The van der Waals surface area contributed by atoms with E-state index in [0.29, 0.717) is 6.04 Å². The predicted molar refractivity (Wildman–Crippen MR) is 66.5 cm³/mol. The summed E-state index contributed by atoms with van der Waals surface area (Å²) >= 11 is 5.77. The normalized spacial score (nSPS) is 13.2. The fraction of sp³-hybridized carbons (Fsp3) is 0.700. The fourth-order valence-electron chi connectivity index (χ4n) is 1.10. The van der Waals surface area contributed by atoms with Crippen LogP contribution in [-0.4, -0.2) is 34.7 Å². The van der Waals surface area contributed by atoms with Crippen molar-refractivity contribution in [3.8, 4) is 0 Å². The Kier molecular flexibility index (Phi) is 7.65. The molecule has 0 heterocycles. The molecule has 0 radical (unpaired) electrons. The third-order valence-corrected chi connectivity index (χ3v) is 5.26. The summed E-state index contributed by atoms with van der Waals surface area (Å²) < 4.78 is 20.6. The van der Waals surface area contributed by atoms with E-state index in [0.717, 1.165) is 6.42 Å². The van der Waals surface area contributed by atoms with Gasteiger partial charge in [-0.25, -0.2) is 4.79 Å². The zero-order valence-corrected chi connectivity index (χ0v) is 12.4. The number of ether oxygens (including phenoxy) is 1. The van der Waals surface area contributed by atoms with Crippen LogP contribution in [0.3, 0.4) is 0 Å². The second-order valence-electron chi connectivity index (χ2n) is 3.42. The van der Waals surface area contributed by atoms with Crippen LogP contribution in [0.4, 0.5) is 0 Å². The van der Waals surface area contributed by atoms with E-state index in [4.69, 9.17) is 29.6 Å². The summed E-state index contributed by atoms with van der Waals surface area (Å²) in [5.41, 5.74) is 0.247. The molecular weight excluding hydrogens is 264 g/mol. The van der Waals surface area contributed by atoms with Crippen LogP contribution in [0.15, 0.2) is 12.2 Å². The second kappa shape index (κ2) is 7.83. The van der Waals surface area contributed by atoms with Crippen molar-refractivity contribution in [3.63, 3.8) is 0 Å². The molecule has 0 aromatic heterocycles. The number of hydrogen-bond donors (Lipinski definition) is 0. The summed E-state index contributed by atoms with van der Waals surface area (Å²) in [5.74, 6) is -1.85. The first kappa shape index (κ1) is 16.6. The van der Waals surface area contributed by atoms with Crippen LogP contribution in [0, 0.1) is 0 Å². The Bertz CT molecular complexity index is 267. The van der Waals surface area contributed by atoms with Gasteiger partial charge in [0.15, 0.2) is 0 Å². The molecule has 7 heteroatoms. The van der Waals surface area contributed by atoms with Gasteiger partial charge in [-0.1, -0.05) is 19.9 Å². The molecule has 0 bridgehead atoms. The van der Waals surface area contributed by atoms with E-state index in [1.165, 1.54) is 21.1 Å². The van der Waals surface area contributed by atoms with Crippen molar-refractivity contribution in [1.29, 1.82) is 0 Å². The molecule has 0 aliphatic carbocycles. The van der Waals surface area contributed by atoms with Crippen molar-refractivity contribution in [3.05, 3.63) is 12.2 Å². The smallest absolute Gasteiger partial charge is 0.418 e. The standard InChI is InChI=1S/C10H19ClO5Si/c1-6-7-17(13-4,14-5)16-10(11)15-9(12)8(2)3/h10H,2,6-7H2,1,3-5H3. The van der Waals surface area contributed by atoms with E-state index in [1.54, 1.807) is 0 Å². The third kappa shape index (κ3) is 5.65. The minimum Gasteiger partial charge on any atom is -0.418 e. The Morgan fingerprint density at radius 1 is 1.41 bits per heavy atom. The van der Waals surface area contributed by atoms with Crippen molar-refractivity contribution in [1.82, 2.24) is 0 Å². The zero-order valence-electron chi connectivity index (χ0n) is 10.6. The van der Waals surface area contributed by atoms with Gasteiger partial charge in [0.05, 0.1) is 0 Å². The Labute approximate surface area is 108 Å². The number of carbonyl (C=O) groups excluding carboxylic acids is 1. The first-order chi connectivity index (χ1) is 7.90. The molecule has 0 aliphatic rings. The van der Waals surface area contributed by atoms with Crippen LogP contribution >= 0.6 is 11.6 Å². The molecule has 0 spiro atoms. The van der Waals surface area contributed by atoms with Gasteiger partial charge in [-0.15, -0.1) is 0 Å². The van der Waals surface area contributed by atoms with Gasteiger partial charge in [0.25, 0.3) is 5.75 Å². The average molecular weight is 283 g/mol. The van der Waals surface area contributed by atoms with Crippen LogP contribution in [-0.2, 0) is 22.8 Å². The van der Waals surface area contributed by atoms with Crippen molar-refractivity contribution < 1.29 is 22.8 Å². The molecule has 0 saturated carbocycles. The van der Waals surface area contributed by atoms with E-state index in [9.17, 15) is 4.79 Å². The lowest BCUT2D eigenvalue weighted by atomic mass is 10.4. The lowest BCUT2D eigenvalue weighted by Crippen LogP contribution is -2.46. The molecule has 0 aromatic rings. The first-order valence-electron chi connectivity index (χ1n) is 5.19. The number of halogens is 1. The molecule has 17 heavy (non-hydrogen) atoms. The molecule has 0 saturated heterocycles. The maximum absolute atomic E-state index is 11.2. The molecule has 5 nitrogen and oxygen atoms in total. The minimum absolute atomic E-state index is 0.247. The summed E-state index contributed by atoms with van der Waals surface area (Å²) in [6.45, 7) is 6.93. The summed E-state index contributed by atoms with van der Waals surface area (Å²) in [6, 6.07) is 0.591. The molecular formula is C10H19ClO5Si. The van der Waals surface area contributed by atoms with Crippen molar-refractivity contribution >= 4 is 26.4 Å². The molecule has 0 aromatic carbocycles. The lowest BCUT2D eigenvalue weighted by Gasteiger charge is -2.27. The highest BCUT2D eigenvalue weighted by Gasteiger charge is 2.41. The maximum Gasteiger partial charge on any atom is 0.504 e. The molecule has 0 rings (SSSR count). The fourth-order valence-corrected chi connectivity index (χ4v) is 3.41. The molecule has 0 fully saturated rings. The van der Waals surface area contributed by atoms with Gasteiger partial charge in [0, 0.05) is 25.8 Å². The van der Waals surface area contributed by atoms with Crippen LogP contribution in [0.25, 0.3) is 0 Å². The molecule has 1 atom stereocenters. The Morgan fingerprint density at radius 2 is 1.94 bits per heavy atom. The van der Waals surface area contributed by atoms with Crippen molar-refractivity contribution in [2.45, 2.75) is 32.1 Å².